The Hall–Kier alpha value is -2.33. The standard InChI is InChI=1S/C20H20ClNO3/c21-17-11-5-10-16(20(24)25)18(17)22-19(23)15-9-4-8-14(12-15)13-6-2-1-3-7-13/h4-5,8-13H,1-3,6-7H2,(H,22,23)(H,24,25). The average molecular weight is 358 g/mol. The molecule has 0 bridgehead atoms. The Labute approximate surface area is 151 Å². The maximum absolute atomic E-state index is 12.6. The minimum atomic E-state index is -1.13. The predicted molar refractivity (Wildman–Crippen MR) is 98.6 cm³/mol. The zero-order valence-electron chi connectivity index (χ0n) is 13.8. The van der Waals surface area contributed by atoms with Crippen LogP contribution in [0.4, 0.5) is 5.69 Å². The summed E-state index contributed by atoms with van der Waals surface area (Å²) in [5, 5.41) is 12.1. The summed E-state index contributed by atoms with van der Waals surface area (Å²) in [5.41, 5.74) is 1.79. The molecular weight excluding hydrogens is 338 g/mol. The van der Waals surface area contributed by atoms with E-state index in [0.717, 1.165) is 12.8 Å². The fourth-order valence-corrected chi connectivity index (χ4v) is 3.61. The molecule has 130 valence electrons. The molecule has 0 aliphatic heterocycles. The van der Waals surface area contributed by atoms with Crippen molar-refractivity contribution >= 4 is 29.2 Å². The molecule has 0 heterocycles. The number of para-hydroxylation sites is 1. The Morgan fingerprint density at radius 2 is 1.76 bits per heavy atom. The molecule has 25 heavy (non-hydrogen) atoms. The smallest absolute Gasteiger partial charge is 0.337 e. The number of benzene rings is 2. The van der Waals surface area contributed by atoms with Crippen LogP contribution in [0.5, 0.6) is 0 Å². The van der Waals surface area contributed by atoms with Gasteiger partial charge >= 0.3 is 5.97 Å². The van der Waals surface area contributed by atoms with E-state index in [2.05, 4.69) is 11.4 Å². The van der Waals surface area contributed by atoms with Gasteiger partial charge in [0.05, 0.1) is 16.3 Å². The van der Waals surface area contributed by atoms with Crippen LogP contribution in [0.3, 0.4) is 0 Å². The van der Waals surface area contributed by atoms with E-state index >= 15 is 0 Å². The van der Waals surface area contributed by atoms with Gasteiger partial charge in [0.2, 0.25) is 0 Å². The monoisotopic (exact) mass is 357 g/mol. The molecule has 1 fully saturated rings. The van der Waals surface area contributed by atoms with Gasteiger partial charge in [0.1, 0.15) is 0 Å². The van der Waals surface area contributed by atoms with Gasteiger partial charge in [-0.25, -0.2) is 4.79 Å². The van der Waals surface area contributed by atoms with Gasteiger partial charge < -0.3 is 10.4 Å². The van der Waals surface area contributed by atoms with Gasteiger partial charge in [-0.1, -0.05) is 49.1 Å². The first-order valence-corrected chi connectivity index (χ1v) is 8.87. The fourth-order valence-electron chi connectivity index (χ4n) is 3.38. The van der Waals surface area contributed by atoms with Crippen molar-refractivity contribution in [2.75, 3.05) is 5.32 Å². The summed E-state index contributed by atoms with van der Waals surface area (Å²) in [4.78, 5) is 24.0. The number of nitrogens with one attached hydrogen (secondary N) is 1. The van der Waals surface area contributed by atoms with Gasteiger partial charge in [0, 0.05) is 5.56 Å². The first kappa shape index (κ1) is 17.5. The average Bonchev–Trinajstić information content (AvgIpc) is 2.64. The van der Waals surface area contributed by atoms with Crippen LogP contribution in [0.25, 0.3) is 0 Å². The molecule has 1 amide bonds. The molecule has 3 rings (SSSR count). The number of carboxylic acid groups (broad SMARTS) is 1. The lowest BCUT2D eigenvalue weighted by Crippen LogP contribution is -2.16. The highest BCUT2D eigenvalue weighted by atomic mass is 35.5. The summed E-state index contributed by atoms with van der Waals surface area (Å²) in [6, 6.07) is 12.1. The molecule has 0 radical (unpaired) electrons. The zero-order valence-corrected chi connectivity index (χ0v) is 14.6. The minimum absolute atomic E-state index is 0.0238. The highest BCUT2D eigenvalue weighted by Crippen LogP contribution is 2.33. The molecule has 0 atom stereocenters. The van der Waals surface area contributed by atoms with E-state index in [1.807, 2.05) is 12.1 Å². The number of anilines is 1. The SMILES string of the molecule is O=C(Nc1c(Cl)cccc1C(=O)O)c1cccc(C2CCCCC2)c1. The lowest BCUT2D eigenvalue weighted by Gasteiger charge is -2.22. The minimum Gasteiger partial charge on any atom is -0.478 e. The normalized spacial score (nSPS) is 14.9. The van der Waals surface area contributed by atoms with Crippen LogP contribution < -0.4 is 5.32 Å². The summed E-state index contributed by atoms with van der Waals surface area (Å²) in [6.07, 6.45) is 6.03. The summed E-state index contributed by atoms with van der Waals surface area (Å²) < 4.78 is 0. The largest absolute Gasteiger partial charge is 0.478 e. The van der Waals surface area contributed by atoms with E-state index in [1.54, 1.807) is 18.2 Å². The Balaban J connectivity index is 1.84. The highest BCUT2D eigenvalue weighted by molar-refractivity contribution is 6.34. The number of hydrogen-bond acceptors (Lipinski definition) is 2. The van der Waals surface area contributed by atoms with Crippen molar-refractivity contribution in [2.45, 2.75) is 38.0 Å². The van der Waals surface area contributed by atoms with E-state index in [1.165, 1.54) is 30.9 Å². The van der Waals surface area contributed by atoms with Crippen molar-refractivity contribution in [3.63, 3.8) is 0 Å². The molecule has 5 heteroatoms. The third-order valence-electron chi connectivity index (χ3n) is 4.71. The second kappa shape index (κ2) is 7.70. The molecule has 4 nitrogen and oxygen atoms in total. The fraction of sp³-hybridized carbons (Fsp3) is 0.300. The molecule has 0 aromatic heterocycles. The van der Waals surface area contributed by atoms with Crippen LogP contribution in [0, 0.1) is 0 Å². The molecule has 1 aliphatic rings. The van der Waals surface area contributed by atoms with Gasteiger partial charge in [0.25, 0.3) is 5.91 Å². The number of amides is 1. The lowest BCUT2D eigenvalue weighted by molar-refractivity contribution is 0.0698. The summed E-state index contributed by atoms with van der Waals surface area (Å²) in [7, 11) is 0. The second-order valence-electron chi connectivity index (χ2n) is 6.38. The number of halogens is 1. The lowest BCUT2D eigenvalue weighted by atomic mass is 9.83. The second-order valence-corrected chi connectivity index (χ2v) is 6.79. The maximum Gasteiger partial charge on any atom is 0.337 e. The molecule has 0 spiro atoms. The van der Waals surface area contributed by atoms with Crippen LogP contribution in [-0.2, 0) is 0 Å². The topological polar surface area (TPSA) is 66.4 Å². The van der Waals surface area contributed by atoms with E-state index in [-0.39, 0.29) is 22.2 Å². The Kier molecular flexibility index (Phi) is 5.39. The van der Waals surface area contributed by atoms with Crippen molar-refractivity contribution in [2.24, 2.45) is 0 Å². The Bertz CT molecular complexity index is 797. The third kappa shape index (κ3) is 4.02. The third-order valence-corrected chi connectivity index (χ3v) is 5.02. The van der Waals surface area contributed by atoms with Crippen LogP contribution in [0.15, 0.2) is 42.5 Å². The van der Waals surface area contributed by atoms with Crippen LogP contribution in [0.1, 0.15) is 64.3 Å². The maximum atomic E-state index is 12.6. The number of carbonyl (C=O) groups is 2. The first-order chi connectivity index (χ1) is 12.1. The molecule has 2 aromatic rings. The van der Waals surface area contributed by atoms with Gasteiger partial charge in [-0.15, -0.1) is 0 Å². The molecule has 0 unspecified atom stereocenters. The van der Waals surface area contributed by atoms with Crippen molar-refractivity contribution in [3.05, 3.63) is 64.2 Å². The number of hydrogen-bond donors (Lipinski definition) is 2. The molecule has 0 saturated heterocycles. The number of carboxylic acids is 1. The predicted octanol–water partition coefficient (Wildman–Crippen LogP) is 5.34. The van der Waals surface area contributed by atoms with Gasteiger partial charge in [-0.05, 0) is 48.6 Å². The molecule has 2 aromatic carbocycles. The Morgan fingerprint density at radius 1 is 1.04 bits per heavy atom. The van der Waals surface area contributed by atoms with Crippen molar-refractivity contribution < 1.29 is 14.7 Å². The summed E-state index contributed by atoms with van der Waals surface area (Å²) >= 11 is 6.08. The van der Waals surface area contributed by atoms with Crippen molar-refractivity contribution in [1.29, 1.82) is 0 Å². The van der Waals surface area contributed by atoms with Crippen molar-refractivity contribution in [3.8, 4) is 0 Å². The number of aromatic carboxylic acids is 1. The molecular formula is C20H20ClNO3. The van der Waals surface area contributed by atoms with Crippen LogP contribution >= 0.6 is 11.6 Å². The van der Waals surface area contributed by atoms with Crippen molar-refractivity contribution in [1.82, 2.24) is 0 Å². The first-order valence-electron chi connectivity index (χ1n) is 8.49. The molecule has 1 saturated carbocycles. The molecule has 1 aliphatic carbocycles. The van der Waals surface area contributed by atoms with Crippen LogP contribution in [0.2, 0.25) is 5.02 Å². The van der Waals surface area contributed by atoms with E-state index in [0.29, 0.717) is 11.5 Å². The molecule has 2 N–H and O–H groups in total. The summed E-state index contributed by atoms with van der Waals surface area (Å²) in [5.74, 6) is -0.988. The van der Waals surface area contributed by atoms with Gasteiger partial charge in [-0.3, -0.25) is 4.79 Å². The van der Waals surface area contributed by atoms with Gasteiger partial charge in [0.15, 0.2) is 0 Å². The van der Waals surface area contributed by atoms with Gasteiger partial charge in [-0.2, -0.15) is 0 Å². The Morgan fingerprint density at radius 3 is 2.48 bits per heavy atom. The van der Waals surface area contributed by atoms with E-state index in [9.17, 15) is 14.7 Å². The van der Waals surface area contributed by atoms with Crippen LogP contribution in [-0.4, -0.2) is 17.0 Å². The number of carbonyl (C=O) groups excluding carboxylic acids is 1. The highest BCUT2D eigenvalue weighted by Gasteiger charge is 2.19. The summed E-state index contributed by atoms with van der Waals surface area (Å²) in [6.45, 7) is 0. The van der Waals surface area contributed by atoms with E-state index in [4.69, 9.17) is 11.6 Å². The van der Waals surface area contributed by atoms with E-state index < -0.39 is 5.97 Å². The number of rotatable bonds is 4. The quantitative estimate of drug-likeness (QED) is 0.776. The zero-order chi connectivity index (χ0) is 17.8.